The topological polar surface area (TPSA) is 206 Å². The quantitative estimate of drug-likeness (QED) is 0.0634. The van der Waals surface area contributed by atoms with Crippen LogP contribution >= 0.6 is 34.8 Å². The van der Waals surface area contributed by atoms with Crippen LogP contribution in [0.2, 0.25) is 15.1 Å². The van der Waals surface area contributed by atoms with Crippen LogP contribution in [0.3, 0.4) is 0 Å². The minimum Gasteiger partial charge on any atom is -0.480 e. The number of para-hydroxylation sites is 1. The van der Waals surface area contributed by atoms with Gasteiger partial charge in [-0.3, -0.25) is 15.1 Å². The monoisotopic (exact) mass is 812 g/mol. The number of pyridine rings is 2. The zero-order chi connectivity index (χ0) is 40.1. The summed E-state index contributed by atoms with van der Waals surface area (Å²) in [5.41, 5.74) is 5.81. The lowest BCUT2D eigenvalue weighted by atomic mass is 10.2. The molecule has 14 nitrogen and oxygen atoms in total. The average molecular weight is 814 g/mol. The van der Waals surface area contributed by atoms with E-state index in [2.05, 4.69) is 9.97 Å². The van der Waals surface area contributed by atoms with Crippen LogP contribution < -0.4 is 24.7 Å². The third kappa shape index (κ3) is 12.0. The summed E-state index contributed by atoms with van der Waals surface area (Å²) in [6.07, 6.45) is 1.91. The first-order chi connectivity index (χ1) is 26.2. The Morgan fingerprint density at radius 1 is 0.873 bits per heavy atom. The van der Waals surface area contributed by atoms with Gasteiger partial charge in [-0.05, 0) is 79.7 Å². The van der Waals surface area contributed by atoms with E-state index >= 15 is 0 Å². The largest absolute Gasteiger partial charge is 0.480 e. The summed E-state index contributed by atoms with van der Waals surface area (Å²) in [5.74, 6) is -1.00. The van der Waals surface area contributed by atoms with Gasteiger partial charge >= 0.3 is 11.9 Å². The smallest absolute Gasteiger partial charge is 0.344 e. The molecule has 2 aromatic heterocycles. The van der Waals surface area contributed by atoms with Crippen LogP contribution in [-0.2, 0) is 9.59 Å². The van der Waals surface area contributed by atoms with Crippen molar-refractivity contribution in [3.63, 3.8) is 0 Å². The molecule has 0 unspecified atom stereocenters. The number of rotatable bonds is 11. The molecule has 0 aliphatic heterocycles. The number of halogens is 4. The maximum atomic E-state index is 13.5. The number of nitrogens with two attached hydrogens (primary N) is 1. The van der Waals surface area contributed by atoms with Crippen molar-refractivity contribution in [1.82, 2.24) is 9.97 Å². The molecule has 55 heavy (non-hydrogen) atoms. The summed E-state index contributed by atoms with van der Waals surface area (Å²) in [6, 6.07) is 25.6. The lowest BCUT2D eigenvalue weighted by molar-refractivity contribution is -0.383. The number of hydrogen-bond acceptors (Lipinski definition) is 11. The molecule has 0 bridgehead atoms. The molecule has 0 spiro atoms. The molecule has 284 valence electrons. The second-order valence-electron chi connectivity index (χ2n) is 10.7. The average Bonchev–Trinajstić information content (AvgIpc) is 3.16. The molecule has 0 amide bonds. The van der Waals surface area contributed by atoms with E-state index in [1.54, 1.807) is 54.7 Å². The molecule has 4 N–H and O–H groups in total. The van der Waals surface area contributed by atoms with E-state index in [-0.39, 0.29) is 33.0 Å². The number of nitrogen functional groups attached to an aromatic ring is 1. The molecule has 18 heteroatoms. The highest BCUT2D eigenvalue weighted by Crippen LogP contribution is 2.39. The van der Waals surface area contributed by atoms with E-state index in [1.165, 1.54) is 49.5 Å². The van der Waals surface area contributed by atoms with Crippen molar-refractivity contribution in [3.8, 4) is 34.6 Å². The number of carboxylic acid groups (broad SMARTS) is 2. The Labute approximate surface area is 326 Å². The first kappa shape index (κ1) is 41.3. The zero-order valence-corrected chi connectivity index (χ0v) is 30.5. The third-order valence-corrected chi connectivity index (χ3v) is 7.72. The molecule has 0 saturated heterocycles. The number of nitrogens with zero attached hydrogens (tertiary/aromatic N) is 3. The Hall–Kier alpha value is -6.42. The molecule has 2 heterocycles. The number of nitro benzene ring substituents is 1. The van der Waals surface area contributed by atoms with E-state index in [1.807, 2.05) is 6.07 Å². The number of carbonyl (C=O) groups is 2. The maximum absolute atomic E-state index is 13.5. The highest BCUT2D eigenvalue weighted by Gasteiger charge is 2.18. The molecule has 1 atom stereocenters. The minimum absolute atomic E-state index is 0.0352. The van der Waals surface area contributed by atoms with Gasteiger partial charge in [-0.25, -0.2) is 19.0 Å². The Balaban J connectivity index is 0.000000185. The highest BCUT2D eigenvalue weighted by molar-refractivity contribution is 6.35. The van der Waals surface area contributed by atoms with E-state index < -0.39 is 35.4 Å². The van der Waals surface area contributed by atoms with Crippen LogP contribution in [0.25, 0.3) is 10.9 Å². The summed E-state index contributed by atoms with van der Waals surface area (Å²) < 4.78 is 34.5. The summed E-state index contributed by atoms with van der Waals surface area (Å²) in [7, 11) is 0. The fraction of sp³-hybridized carbons (Fsp3) is 0.0811. The number of aromatic nitrogens is 2. The van der Waals surface area contributed by atoms with Crippen LogP contribution in [0.15, 0.2) is 109 Å². The molecule has 0 aliphatic carbocycles. The molecular weight excluding hydrogens is 786 g/mol. The van der Waals surface area contributed by atoms with E-state index in [4.69, 9.17) is 69.7 Å². The number of ether oxygens (including phenoxy) is 4. The first-order valence-corrected chi connectivity index (χ1v) is 16.7. The van der Waals surface area contributed by atoms with Gasteiger partial charge in [-0.15, -0.1) is 0 Å². The predicted molar refractivity (Wildman–Crippen MR) is 202 cm³/mol. The van der Waals surface area contributed by atoms with E-state index in [9.17, 15) is 24.1 Å². The third-order valence-electron chi connectivity index (χ3n) is 6.79. The van der Waals surface area contributed by atoms with Gasteiger partial charge in [0.2, 0.25) is 0 Å². The number of nitro groups is 1. The van der Waals surface area contributed by atoms with Crippen LogP contribution in [0.5, 0.6) is 34.6 Å². The van der Waals surface area contributed by atoms with Crippen LogP contribution in [0, 0.1) is 15.9 Å². The Bertz CT molecular complexity index is 2290. The maximum Gasteiger partial charge on any atom is 0.344 e. The van der Waals surface area contributed by atoms with Gasteiger partial charge in [0.1, 0.15) is 45.0 Å². The first-order valence-electron chi connectivity index (χ1n) is 15.5. The molecule has 0 fully saturated rings. The number of hydrogen-bond donors (Lipinski definition) is 3. The molecule has 0 aliphatic rings. The number of benzene rings is 4. The van der Waals surface area contributed by atoms with Crippen molar-refractivity contribution in [2.45, 2.75) is 13.0 Å². The molecule has 0 radical (unpaired) electrons. The zero-order valence-electron chi connectivity index (χ0n) is 28.3. The van der Waals surface area contributed by atoms with Gasteiger partial charge in [-0.1, -0.05) is 53.0 Å². The molecule has 0 saturated carbocycles. The highest BCUT2D eigenvalue weighted by atomic mass is 35.5. The van der Waals surface area contributed by atoms with Gasteiger partial charge in [0.25, 0.3) is 11.6 Å². The van der Waals surface area contributed by atoms with Crippen molar-refractivity contribution in [2.24, 2.45) is 0 Å². The van der Waals surface area contributed by atoms with Gasteiger partial charge in [-0.2, -0.15) is 0 Å². The van der Waals surface area contributed by atoms with Gasteiger partial charge in [0, 0.05) is 23.8 Å². The van der Waals surface area contributed by atoms with Gasteiger partial charge in [0.15, 0.2) is 18.5 Å². The van der Waals surface area contributed by atoms with Gasteiger partial charge < -0.3 is 34.9 Å². The Morgan fingerprint density at radius 2 is 1.53 bits per heavy atom. The Morgan fingerprint density at radius 3 is 2.16 bits per heavy atom. The SMILES string of the molecule is C[C@@H](Oc1ccc(Oc2ncc(Cl)cc2F)cc1)C(=O)O.Nc1c([N+](=O)[O-])ccc(Oc2ccccc2)c1Cl.O=C(O)COc1ccc(Cl)c2cccnc12. The van der Waals surface area contributed by atoms with Crippen LogP contribution in [0.1, 0.15) is 6.92 Å². The van der Waals surface area contributed by atoms with Crippen molar-refractivity contribution < 1.29 is 48.1 Å². The summed E-state index contributed by atoms with van der Waals surface area (Å²) >= 11 is 17.5. The molecule has 6 rings (SSSR count). The van der Waals surface area contributed by atoms with Crippen molar-refractivity contribution in [1.29, 1.82) is 0 Å². The molecule has 4 aromatic carbocycles. The standard InChI is InChI=1S/C14H11ClFNO4.C12H9ClN2O3.C11H8ClNO3/c1-8(14(18)19)20-10-2-4-11(5-3-10)21-13-12(16)6-9(15)7-17-13;13-11-10(18-8-4-2-1-3-5-8)7-6-9(12(11)14)15(16)17;12-8-3-4-9(16-6-10(14)15)11-7(8)2-1-5-13-11/h2-8H,1H3,(H,18,19);1-7H,14H2;1-5H,6H2,(H,14,15)/t8-;;/m1../s1. The fourth-order valence-corrected chi connectivity index (χ4v) is 4.77. The van der Waals surface area contributed by atoms with E-state index in [0.717, 1.165) is 11.5 Å². The molecular formula is C37H28Cl3FN4O10. The number of fused-ring (bicyclic) bond motifs is 1. The molecule has 6 aromatic rings. The normalized spacial score (nSPS) is 10.8. The summed E-state index contributed by atoms with van der Waals surface area (Å²) in [5, 5.41) is 29.4. The lowest BCUT2D eigenvalue weighted by Gasteiger charge is -2.11. The number of aliphatic carboxylic acids is 2. The van der Waals surface area contributed by atoms with Crippen LogP contribution in [0.4, 0.5) is 15.8 Å². The fourth-order valence-electron chi connectivity index (χ4n) is 4.21. The number of carboxylic acids is 2. The lowest BCUT2D eigenvalue weighted by Crippen LogP contribution is -2.22. The summed E-state index contributed by atoms with van der Waals surface area (Å²) in [6.45, 7) is 1.02. The van der Waals surface area contributed by atoms with Crippen LogP contribution in [-0.4, -0.2) is 49.8 Å². The van der Waals surface area contributed by atoms with Crippen molar-refractivity contribution in [3.05, 3.63) is 140 Å². The van der Waals surface area contributed by atoms with Crippen molar-refractivity contribution >= 4 is 69.0 Å². The second-order valence-corrected chi connectivity index (χ2v) is 11.9. The predicted octanol–water partition coefficient (Wildman–Crippen LogP) is 9.49. The summed E-state index contributed by atoms with van der Waals surface area (Å²) in [4.78, 5) is 39.0. The van der Waals surface area contributed by atoms with Crippen molar-refractivity contribution in [2.75, 3.05) is 12.3 Å². The second kappa shape index (κ2) is 19.6. The minimum atomic E-state index is -1.07. The van der Waals surface area contributed by atoms with Gasteiger partial charge in [0.05, 0.1) is 15.0 Å². The van der Waals surface area contributed by atoms with E-state index in [0.29, 0.717) is 33.5 Å². The Kier molecular flexibility index (Phi) is 14.7. The number of anilines is 1.